The van der Waals surface area contributed by atoms with Crippen molar-refractivity contribution in [1.29, 1.82) is 0 Å². The van der Waals surface area contributed by atoms with E-state index >= 15 is 0 Å². The first-order valence-corrected chi connectivity index (χ1v) is 10.9. The fourth-order valence-corrected chi connectivity index (χ4v) is 4.01. The van der Waals surface area contributed by atoms with E-state index in [1.165, 1.54) is 0 Å². The number of piperidine rings is 1. The summed E-state index contributed by atoms with van der Waals surface area (Å²) in [5.74, 6) is 0.961. The molecule has 0 bridgehead atoms. The third kappa shape index (κ3) is 5.49. The first-order chi connectivity index (χ1) is 14.7. The fourth-order valence-electron chi connectivity index (χ4n) is 3.81. The normalized spacial score (nSPS) is 14.6. The van der Waals surface area contributed by atoms with E-state index in [2.05, 4.69) is 39.9 Å². The molecule has 1 saturated heterocycles. The maximum atomic E-state index is 9.54. The lowest BCUT2D eigenvalue weighted by atomic mass is 10.1. The molecule has 0 aliphatic carbocycles. The van der Waals surface area contributed by atoms with Gasteiger partial charge in [-0.05, 0) is 74.7 Å². The summed E-state index contributed by atoms with van der Waals surface area (Å²) in [5, 5.41) is 17.0. The van der Waals surface area contributed by atoms with Crippen LogP contribution in [0, 0.1) is 0 Å². The van der Waals surface area contributed by atoms with Gasteiger partial charge < -0.3 is 15.7 Å². The molecular weight excluding hydrogens is 396 g/mol. The first-order valence-electron chi connectivity index (χ1n) is 10.5. The van der Waals surface area contributed by atoms with Crippen molar-refractivity contribution in [3.05, 3.63) is 71.1 Å². The zero-order valence-electron chi connectivity index (χ0n) is 16.9. The number of hydrogen-bond donors (Lipinski definition) is 3. The highest BCUT2D eigenvalue weighted by Crippen LogP contribution is 2.25. The van der Waals surface area contributed by atoms with Gasteiger partial charge in [0.1, 0.15) is 11.6 Å². The van der Waals surface area contributed by atoms with E-state index in [1.807, 2.05) is 24.4 Å². The number of rotatable bonds is 7. The molecule has 6 heteroatoms. The number of benzene rings is 2. The van der Waals surface area contributed by atoms with Crippen molar-refractivity contribution in [3.63, 3.8) is 0 Å². The Bertz CT molecular complexity index is 988. The van der Waals surface area contributed by atoms with E-state index in [0.29, 0.717) is 11.1 Å². The number of nitrogens with zero attached hydrogens (tertiary/aromatic N) is 2. The highest BCUT2D eigenvalue weighted by molar-refractivity contribution is 6.32. The maximum absolute atomic E-state index is 9.54. The minimum absolute atomic E-state index is 0.119. The average molecular weight is 423 g/mol. The van der Waals surface area contributed by atoms with Gasteiger partial charge in [-0.15, -0.1) is 0 Å². The summed E-state index contributed by atoms with van der Waals surface area (Å²) < 4.78 is 0. The smallest absolute Gasteiger partial charge is 0.134 e. The quantitative estimate of drug-likeness (QED) is 0.508. The molecular formula is C24H27ClN4O. The minimum atomic E-state index is 0.119. The van der Waals surface area contributed by atoms with E-state index < -0.39 is 0 Å². The Balaban J connectivity index is 1.39. The van der Waals surface area contributed by atoms with Gasteiger partial charge in [-0.1, -0.05) is 29.8 Å². The molecule has 1 aliphatic rings. The van der Waals surface area contributed by atoms with Gasteiger partial charge in [0.25, 0.3) is 0 Å². The molecule has 156 valence electrons. The second-order valence-corrected chi connectivity index (χ2v) is 8.15. The van der Waals surface area contributed by atoms with Crippen molar-refractivity contribution >= 4 is 17.3 Å². The van der Waals surface area contributed by atoms with Crippen LogP contribution < -0.4 is 10.6 Å². The molecule has 0 amide bonds. The van der Waals surface area contributed by atoms with Gasteiger partial charge in [0.15, 0.2) is 0 Å². The number of nitrogens with one attached hydrogen (secondary N) is 2. The van der Waals surface area contributed by atoms with Gasteiger partial charge in [-0.3, -0.25) is 0 Å². The molecule has 5 nitrogen and oxygen atoms in total. The number of hydrogen-bond acceptors (Lipinski definition) is 5. The van der Waals surface area contributed by atoms with E-state index in [9.17, 15) is 5.11 Å². The highest BCUT2D eigenvalue weighted by Gasteiger charge is 2.13. The number of anilines is 1. The average Bonchev–Trinajstić information content (AvgIpc) is 2.77. The van der Waals surface area contributed by atoms with Crippen LogP contribution in [0.3, 0.4) is 0 Å². The van der Waals surface area contributed by atoms with Crippen LogP contribution >= 0.6 is 11.6 Å². The van der Waals surface area contributed by atoms with Gasteiger partial charge in [-0.2, -0.15) is 0 Å². The maximum Gasteiger partial charge on any atom is 0.134 e. The molecule has 0 unspecified atom stereocenters. The molecule has 30 heavy (non-hydrogen) atoms. The van der Waals surface area contributed by atoms with Crippen molar-refractivity contribution in [3.8, 4) is 17.0 Å². The summed E-state index contributed by atoms with van der Waals surface area (Å²) in [6.45, 7) is 2.14. The lowest BCUT2D eigenvalue weighted by Crippen LogP contribution is -2.35. The molecule has 1 aliphatic heterocycles. The Kier molecular flexibility index (Phi) is 6.82. The third-order valence-corrected chi connectivity index (χ3v) is 5.75. The highest BCUT2D eigenvalue weighted by atomic mass is 35.5. The minimum Gasteiger partial charge on any atom is -0.506 e. The predicted molar refractivity (Wildman–Crippen MR) is 122 cm³/mol. The Hall–Kier alpha value is -2.63. The molecule has 3 N–H and O–H groups in total. The molecule has 4 rings (SSSR count). The monoisotopic (exact) mass is 422 g/mol. The lowest BCUT2D eigenvalue weighted by Gasteiger charge is -2.24. The summed E-state index contributed by atoms with van der Waals surface area (Å²) >= 11 is 5.99. The second kappa shape index (κ2) is 9.92. The molecule has 1 aromatic heterocycles. The summed E-state index contributed by atoms with van der Waals surface area (Å²) in [5.41, 5.74) is 4.29. The summed E-state index contributed by atoms with van der Waals surface area (Å²) in [7, 11) is 0. The van der Waals surface area contributed by atoms with Gasteiger partial charge in [0.2, 0.25) is 0 Å². The number of halogens is 1. The van der Waals surface area contributed by atoms with Gasteiger partial charge in [0.05, 0.1) is 10.7 Å². The molecule has 2 aromatic carbocycles. The van der Waals surface area contributed by atoms with E-state index in [1.54, 1.807) is 6.07 Å². The SMILES string of the molecule is Oc1ccc(CCCc2nccc(-c3cccc(NC4CCNCC4)c3)n2)cc1Cl. The molecule has 0 radical (unpaired) electrons. The zero-order valence-corrected chi connectivity index (χ0v) is 17.7. The van der Waals surface area contributed by atoms with Crippen molar-refractivity contribution in [2.75, 3.05) is 18.4 Å². The van der Waals surface area contributed by atoms with Crippen LogP contribution in [0.5, 0.6) is 5.75 Å². The van der Waals surface area contributed by atoms with E-state index in [0.717, 1.165) is 73.5 Å². The molecule has 2 heterocycles. The Morgan fingerprint density at radius 2 is 1.93 bits per heavy atom. The zero-order chi connectivity index (χ0) is 20.8. The van der Waals surface area contributed by atoms with Crippen LogP contribution in [0.25, 0.3) is 11.3 Å². The molecule has 1 fully saturated rings. The largest absolute Gasteiger partial charge is 0.506 e. The van der Waals surface area contributed by atoms with Crippen LogP contribution in [0.1, 0.15) is 30.7 Å². The summed E-state index contributed by atoms with van der Waals surface area (Å²) in [6, 6.07) is 16.3. The number of aromatic nitrogens is 2. The van der Waals surface area contributed by atoms with E-state index in [4.69, 9.17) is 16.6 Å². The fraction of sp³-hybridized carbons (Fsp3) is 0.333. The van der Waals surface area contributed by atoms with E-state index in [-0.39, 0.29) is 5.75 Å². The summed E-state index contributed by atoms with van der Waals surface area (Å²) in [4.78, 5) is 9.22. The number of phenols is 1. The van der Waals surface area contributed by atoms with Crippen molar-refractivity contribution in [2.24, 2.45) is 0 Å². The van der Waals surface area contributed by atoms with Crippen LogP contribution in [0.4, 0.5) is 5.69 Å². The van der Waals surface area contributed by atoms with Gasteiger partial charge >= 0.3 is 0 Å². The first kappa shape index (κ1) is 20.6. The standard InChI is InChI=1S/C24H27ClN4O/c25-21-15-17(7-8-23(21)30)3-1-6-24-27-14-11-22(29-24)18-4-2-5-20(16-18)28-19-9-12-26-13-10-19/h2,4-5,7-8,11,14-16,19,26,28,30H,1,3,6,9-10,12-13H2. The molecule has 3 aromatic rings. The van der Waals surface area contributed by atoms with Crippen LogP contribution in [-0.2, 0) is 12.8 Å². The van der Waals surface area contributed by atoms with Crippen molar-refractivity contribution in [1.82, 2.24) is 15.3 Å². The van der Waals surface area contributed by atoms with Crippen molar-refractivity contribution in [2.45, 2.75) is 38.1 Å². The number of phenolic OH excluding ortho intramolecular Hbond substituents is 1. The Labute approximate surface area is 182 Å². The topological polar surface area (TPSA) is 70.1 Å². The predicted octanol–water partition coefficient (Wildman–Crippen LogP) is 4.84. The van der Waals surface area contributed by atoms with Crippen LogP contribution in [0.2, 0.25) is 5.02 Å². The van der Waals surface area contributed by atoms with Gasteiger partial charge in [-0.25, -0.2) is 9.97 Å². The number of aryl methyl sites for hydroxylation is 2. The molecule has 0 spiro atoms. The number of aromatic hydroxyl groups is 1. The van der Waals surface area contributed by atoms with Crippen LogP contribution in [-0.4, -0.2) is 34.2 Å². The molecule has 0 saturated carbocycles. The summed E-state index contributed by atoms with van der Waals surface area (Å²) in [6.07, 6.45) is 6.70. The Morgan fingerprint density at radius 3 is 2.77 bits per heavy atom. The van der Waals surface area contributed by atoms with Gasteiger partial charge in [0, 0.05) is 29.9 Å². The lowest BCUT2D eigenvalue weighted by molar-refractivity contribution is 0.475. The van der Waals surface area contributed by atoms with Crippen LogP contribution in [0.15, 0.2) is 54.7 Å². The third-order valence-electron chi connectivity index (χ3n) is 5.45. The Morgan fingerprint density at radius 1 is 1.07 bits per heavy atom. The second-order valence-electron chi connectivity index (χ2n) is 7.75. The van der Waals surface area contributed by atoms with Crippen molar-refractivity contribution < 1.29 is 5.11 Å². The molecule has 0 atom stereocenters.